The molecule has 0 aromatic heterocycles. The first-order valence-electron chi connectivity index (χ1n) is 20.0. The summed E-state index contributed by atoms with van der Waals surface area (Å²) in [6.07, 6.45) is 0. The molecule has 0 nitrogen and oxygen atoms in total. The zero-order valence-corrected chi connectivity index (χ0v) is 22.2. The highest BCUT2D eigenvalue weighted by Crippen LogP contribution is 2.43. The van der Waals surface area contributed by atoms with Crippen LogP contribution in [0.3, 0.4) is 0 Å². The third-order valence-electron chi connectivity index (χ3n) is 7.60. The standard InChI is InChI=1S/C42H28/c1-2-11-33(12-3-1)41-37-14-6-8-16-39(37)42(40-17-9-7-15-38(40)41)34-25-22-31(23-26-34)30-18-20-32(21-19-30)36-27-24-29-10-4-5-13-35(29)28-36/h1-28H/i1D,2D,3D,6D,7D,8D,9D,11D,12D,14D,15D,16D,17D. The Morgan fingerprint density at radius 1 is 0.310 bits per heavy atom. The molecule has 42 heavy (non-hydrogen) atoms. The van der Waals surface area contributed by atoms with Crippen molar-refractivity contribution < 1.29 is 17.8 Å². The van der Waals surface area contributed by atoms with Crippen LogP contribution in [0.4, 0.5) is 0 Å². The van der Waals surface area contributed by atoms with Gasteiger partial charge in [0.1, 0.15) is 0 Å². The molecular formula is C42H28. The van der Waals surface area contributed by atoms with E-state index >= 15 is 0 Å². The highest BCUT2D eigenvalue weighted by molar-refractivity contribution is 6.21. The lowest BCUT2D eigenvalue weighted by molar-refractivity contribution is 1.59. The molecule has 0 N–H and O–H groups in total. The van der Waals surface area contributed by atoms with Gasteiger partial charge in [0.15, 0.2) is 0 Å². The van der Waals surface area contributed by atoms with Crippen LogP contribution >= 0.6 is 0 Å². The fourth-order valence-electron chi connectivity index (χ4n) is 5.59. The van der Waals surface area contributed by atoms with E-state index in [9.17, 15) is 0 Å². The van der Waals surface area contributed by atoms with Crippen LogP contribution in [-0.4, -0.2) is 0 Å². The van der Waals surface area contributed by atoms with Gasteiger partial charge in [0.25, 0.3) is 0 Å². The summed E-state index contributed by atoms with van der Waals surface area (Å²) >= 11 is 0. The Morgan fingerprint density at radius 3 is 1.26 bits per heavy atom. The third kappa shape index (κ3) is 4.17. The van der Waals surface area contributed by atoms with Gasteiger partial charge < -0.3 is 0 Å². The molecule has 0 heteroatoms. The van der Waals surface area contributed by atoms with Gasteiger partial charge in [-0.1, -0.05) is 163 Å². The van der Waals surface area contributed by atoms with E-state index in [1.807, 2.05) is 48.5 Å². The summed E-state index contributed by atoms with van der Waals surface area (Å²) in [6, 6.07) is 21.4. The predicted octanol–water partition coefficient (Wildman–Crippen LogP) is 11.8. The molecule has 8 aromatic carbocycles. The molecule has 8 aromatic rings. The Balaban J connectivity index is 1.40. The normalized spacial score (nSPS) is 15.7. The van der Waals surface area contributed by atoms with E-state index in [-0.39, 0.29) is 32.7 Å². The van der Waals surface area contributed by atoms with Crippen molar-refractivity contribution >= 4 is 32.3 Å². The Kier molecular flexibility index (Phi) is 3.50. The molecule has 0 spiro atoms. The smallest absolute Gasteiger partial charge is 0.0622 e. The van der Waals surface area contributed by atoms with Crippen LogP contribution in [0.5, 0.6) is 0 Å². The van der Waals surface area contributed by atoms with E-state index in [4.69, 9.17) is 17.8 Å². The first kappa shape index (κ1) is 14.4. The first-order valence-corrected chi connectivity index (χ1v) is 13.5. The van der Waals surface area contributed by atoms with E-state index in [0.29, 0.717) is 5.56 Å². The van der Waals surface area contributed by atoms with Crippen LogP contribution in [0.1, 0.15) is 17.8 Å². The second kappa shape index (κ2) is 10.2. The predicted molar refractivity (Wildman–Crippen MR) is 181 cm³/mol. The van der Waals surface area contributed by atoms with Crippen molar-refractivity contribution in [2.75, 3.05) is 0 Å². The van der Waals surface area contributed by atoms with Crippen molar-refractivity contribution in [1.29, 1.82) is 0 Å². The molecule has 0 saturated carbocycles. The van der Waals surface area contributed by atoms with Gasteiger partial charge in [-0.2, -0.15) is 0 Å². The molecule has 0 aliphatic heterocycles. The van der Waals surface area contributed by atoms with Crippen molar-refractivity contribution in [3.63, 3.8) is 0 Å². The SMILES string of the molecule is [2H]c1c([2H])c([2H])c(-c2c3c([2H])c([2H])c([2H])c([2H])c3c(-c3ccc(-c4ccc(-c5ccc6ccccc6c5)cc4)cc3)c3c([2H])c([2H])c([2H])c([2H])c23)c([2H])c1[2H]. The van der Waals surface area contributed by atoms with E-state index < -0.39 is 84.1 Å². The van der Waals surface area contributed by atoms with E-state index in [1.165, 1.54) is 0 Å². The maximum Gasteiger partial charge on any atom is 0.0629 e. The first-order chi connectivity index (χ1) is 26.2. The molecule has 8 rings (SSSR count). The minimum atomic E-state index is -0.705. The zero-order chi connectivity index (χ0) is 39.2. The maximum absolute atomic E-state index is 9.13. The molecule has 0 radical (unpaired) electrons. The summed E-state index contributed by atoms with van der Waals surface area (Å²) in [7, 11) is 0. The van der Waals surface area contributed by atoms with Gasteiger partial charge >= 0.3 is 0 Å². The van der Waals surface area contributed by atoms with E-state index in [2.05, 4.69) is 30.3 Å². The molecule has 196 valence electrons. The van der Waals surface area contributed by atoms with Crippen molar-refractivity contribution in [2.45, 2.75) is 0 Å². The van der Waals surface area contributed by atoms with Crippen LogP contribution < -0.4 is 0 Å². The van der Waals surface area contributed by atoms with Crippen LogP contribution in [0, 0.1) is 0 Å². The van der Waals surface area contributed by atoms with Gasteiger partial charge in [-0.15, -0.1) is 0 Å². The minimum Gasteiger partial charge on any atom is -0.0622 e. The number of hydrogen-bond acceptors (Lipinski definition) is 0. The quantitative estimate of drug-likeness (QED) is 0.193. The Bertz CT molecular complexity index is 2830. The summed E-state index contributed by atoms with van der Waals surface area (Å²) in [4.78, 5) is 0. The molecule has 0 atom stereocenters. The van der Waals surface area contributed by atoms with Gasteiger partial charge in [-0.3, -0.25) is 0 Å². The molecular weight excluding hydrogens is 504 g/mol. The van der Waals surface area contributed by atoms with Crippen molar-refractivity contribution in [2.24, 2.45) is 0 Å². The number of fused-ring (bicyclic) bond motifs is 3. The summed E-state index contributed by atoms with van der Waals surface area (Å²) < 4.78 is 113. The Hall–Kier alpha value is -5.46. The Morgan fingerprint density at radius 2 is 0.714 bits per heavy atom. The second-order valence-electron chi connectivity index (χ2n) is 9.97. The monoisotopic (exact) mass is 545 g/mol. The maximum atomic E-state index is 9.13. The highest BCUT2D eigenvalue weighted by atomic mass is 14.2. The van der Waals surface area contributed by atoms with E-state index in [1.54, 1.807) is 12.1 Å². The van der Waals surface area contributed by atoms with Crippen molar-refractivity contribution in [3.05, 3.63) is 170 Å². The lowest BCUT2D eigenvalue weighted by Crippen LogP contribution is -1.90. The minimum absolute atomic E-state index is 0.0957. The molecule has 0 heterocycles. The topological polar surface area (TPSA) is 0 Å². The fraction of sp³-hybridized carbons (Fsp3) is 0. The summed E-state index contributed by atoms with van der Waals surface area (Å²) in [5.41, 5.74) is 3.56. The second-order valence-corrected chi connectivity index (χ2v) is 9.97. The van der Waals surface area contributed by atoms with Gasteiger partial charge in [-0.05, 0) is 82.9 Å². The molecule has 0 fully saturated rings. The highest BCUT2D eigenvalue weighted by Gasteiger charge is 2.16. The number of benzene rings is 8. The molecule has 0 aliphatic rings. The van der Waals surface area contributed by atoms with E-state index in [0.717, 1.165) is 33.0 Å². The van der Waals surface area contributed by atoms with Crippen molar-refractivity contribution in [3.8, 4) is 44.5 Å². The van der Waals surface area contributed by atoms with Gasteiger partial charge in [0.05, 0.1) is 17.8 Å². The summed E-state index contributed by atoms with van der Waals surface area (Å²) in [6.45, 7) is 0. The van der Waals surface area contributed by atoms with Crippen LogP contribution in [0.15, 0.2) is 170 Å². The van der Waals surface area contributed by atoms with Gasteiger partial charge in [-0.25, -0.2) is 0 Å². The molecule has 0 bridgehead atoms. The van der Waals surface area contributed by atoms with Crippen LogP contribution in [0.25, 0.3) is 76.8 Å². The summed E-state index contributed by atoms with van der Waals surface area (Å²) in [5, 5.41) is 1.60. The average Bonchev–Trinajstić information content (AvgIpc) is 3.21. The van der Waals surface area contributed by atoms with Crippen molar-refractivity contribution in [1.82, 2.24) is 0 Å². The summed E-state index contributed by atoms with van der Waals surface area (Å²) in [5.74, 6) is 0. The number of rotatable bonds is 4. The lowest BCUT2D eigenvalue weighted by Gasteiger charge is -2.18. The fourth-order valence-corrected chi connectivity index (χ4v) is 5.59. The Labute approximate surface area is 264 Å². The third-order valence-corrected chi connectivity index (χ3v) is 7.60. The zero-order valence-electron chi connectivity index (χ0n) is 35.2. The van der Waals surface area contributed by atoms with Gasteiger partial charge in [0, 0.05) is 0 Å². The molecule has 0 unspecified atom stereocenters. The number of hydrogen-bond donors (Lipinski definition) is 0. The lowest BCUT2D eigenvalue weighted by atomic mass is 9.86. The molecule has 0 saturated heterocycles. The largest absolute Gasteiger partial charge is 0.0629 e. The van der Waals surface area contributed by atoms with Crippen LogP contribution in [0.2, 0.25) is 0 Å². The van der Waals surface area contributed by atoms with Crippen LogP contribution in [-0.2, 0) is 0 Å². The molecule has 0 amide bonds. The average molecular weight is 546 g/mol. The molecule has 0 aliphatic carbocycles. The van der Waals surface area contributed by atoms with Gasteiger partial charge in [0.2, 0.25) is 0 Å².